The molecule has 3 rings (SSSR count). The van der Waals surface area contributed by atoms with Gasteiger partial charge in [0.1, 0.15) is 0 Å². The molecule has 2 heterocycles. The molecule has 0 aliphatic carbocycles. The Morgan fingerprint density at radius 1 is 1.19 bits per heavy atom. The van der Waals surface area contributed by atoms with Gasteiger partial charge in [-0.05, 0) is 31.5 Å². The SMILES string of the molecule is CCn1cc(-c2nnc(SCC(=O)NCc3ccc(Cl)cc3)n2CC)cn1. The lowest BCUT2D eigenvalue weighted by Gasteiger charge is -2.07. The summed E-state index contributed by atoms with van der Waals surface area (Å²) in [6.45, 7) is 6.05. The van der Waals surface area contributed by atoms with Crippen molar-refractivity contribution in [1.29, 1.82) is 0 Å². The van der Waals surface area contributed by atoms with E-state index in [-0.39, 0.29) is 11.7 Å². The summed E-state index contributed by atoms with van der Waals surface area (Å²) >= 11 is 7.24. The number of nitrogens with zero attached hydrogens (tertiary/aromatic N) is 5. The van der Waals surface area contributed by atoms with Crippen molar-refractivity contribution in [3.05, 3.63) is 47.2 Å². The molecule has 142 valence electrons. The van der Waals surface area contributed by atoms with Crippen LogP contribution in [-0.4, -0.2) is 36.2 Å². The van der Waals surface area contributed by atoms with Crippen LogP contribution in [0.25, 0.3) is 11.4 Å². The minimum Gasteiger partial charge on any atom is -0.351 e. The standard InChI is InChI=1S/C18H21ClN6OS/c1-3-24-11-14(10-21-24)17-22-23-18(25(17)4-2)27-12-16(26)20-9-13-5-7-15(19)8-6-13/h5-8,10-11H,3-4,9,12H2,1-2H3,(H,20,26). The summed E-state index contributed by atoms with van der Waals surface area (Å²) in [4.78, 5) is 12.1. The van der Waals surface area contributed by atoms with Gasteiger partial charge in [-0.2, -0.15) is 5.10 Å². The number of hydrogen-bond acceptors (Lipinski definition) is 5. The fraction of sp³-hybridized carbons (Fsp3) is 0.333. The molecule has 3 aromatic rings. The number of aryl methyl sites for hydroxylation is 1. The van der Waals surface area contributed by atoms with Crippen molar-refractivity contribution in [2.75, 3.05) is 5.75 Å². The maximum absolute atomic E-state index is 12.1. The number of carbonyl (C=O) groups is 1. The van der Waals surface area contributed by atoms with Gasteiger partial charge in [0.05, 0.1) is 17.5 Å². The van der Waals surface area contributed by atoms with Gasteiger partial charge in [0.2, 0.25) is 5.91 Å². The predicted octanol–water partition coefficient (Wildman–Crippen LogP) is 3.24. The molecule has 0 atom stereocenters. The minimum absolute atomic E-state index is 0.0547. The lowest BCUT2D eigenvalue weighted by molar-refractivity contribution is -0.118. The zero-order valence-corrected chi connectivity index (χ0v) is 16.8. The van der Waals surface area contributed by atoms with Gasteiger partial charge < -0.3 is 9.88 Å². The molecule has 1 N–H and O–H groups in total. The van der Waals surface area contributed by atoms with Crippen LogP contribution in [0, 0.1) is 0 Å². The molecule has 0 spiro atoms. The van der Waals surface area contributed by atoms with Gasteiger partial charge in [0, 0.05) is 30.9 Å². The molecule has 0 aliphatic rings. The van der Waals surface area contributed by atoms with Crippen molar-refractivity contribution < 1.29 is 4.79 Å². The van der Waals surface area contributed by atoms with E-state index in [4.69, 9.17) is 11.6 Å². The number of aromatic nitrogens is 5. The van der Waals surface area contributed by atoms with Gasteiger partial charge in [-0.1, -0.05) is 35.5 Å². The molecule has 0 saturated carbocycles. The van der Waals surface area contributed by atoms with Gasteiger partial charge in [-0.25, -0.2) is 0 Å². The normalized spacial score (nSPS) is 10.9. The highest BCUT2D eigenvalue weighted by Gasteiger charge is 2.15. The smallest absolute Gasteiger partial charge is 0.230 e. The highest BCUT2D eigenvalue weighted by atomic mass is 35.5. The number of nitrogens with one attached hydrogen (secondary N) is 1. The number of hydrogen-bond donors (Lipinski definition) is 1. The average molecular weight is 405 g/mol. The lowest BCUT2D eigenvalue weighted by Crippen LogP contribution is -2.24. The third kappa shape index (κ3) is 4.90. The van der Waals surface area contributed by atoms with Crippen molar-refractivity contribution in [1.82, 2.24) is 29.9 Å². The Hall–Kier alpha value is -2.32. The van der Waals surface area contributed by atoms with Crippen molar-refractivity contribution in [3.63, 3.8) is 0 Å². The van der Waals surface area contributed by atoms with Crippen LogP contribution in [-0.2, 0) is 24.4 Å². The van der Waals surface area contributed by atoms with Gasteiger partial charge >= 0.3 is 0 Å². The molecule has 2 aromatic heterocycles. The van der Waals surface area contributed by atoms with Crippen molar-refractivity contribution >= 4 is 29.3 Å². The third-order valence-electron chi connectivity index (χ3n) is 3.98. The molecule has 1 amide bonds. The summed E-state index contributed by atoms with van der Waals surface area (Å²) < 4.78 is 3.84. The minimum atomic E-state index is -0.0547. The Bertz CT molecular complexity index is 905. The van der Waals surface area contributed by atoms with Crippen molar-refractivity contribution in [2.24, 2.45) is 0 Å². The van der Waals surface area contributed by atoms with Crippen molar-refractivity contribution in [2.45, 2.75) is 38.6 Å². The summed E-state index contributed by atoms with van der Waals surface area (Å²) in [5, 5.41) is 17.1. The van der Waals surface area contributed by atoms with Gasteiger partial charge in [-0.15, -0.1) is 10.2 Å². The van der Waals surface area contributed by atoms with Gasteiger partial charge in [-0.3, -0.25) is 9.48 Å². The summed E-state index contributed by atoms with van der Waals surface area (Å²) in [6.07, 6.45) is 3.73. The zero-order valence-electron chi connectivity index (χ0n) is 15.2. The van der Waals surface area contributed by atoms with E-state index in [0.29, 0.717) is 18.1 Å². The monoisotopic (exact) mass is 404 g/mol. The molecule has 27 heavy (non-hydrogen) atoms. The number of halogens is 1. The number of carbonyl (C=O) groups excluding carboxylic acids is 1. The van der Waals surface area contributed by atoms with E-state index in [2.05, 4.69) is 20.6 Å². The third-order valence-corrected chi connectivity index (χ3v) is 5.20. The second-order valence-electron chi connectivity index (χ2n) is 5.83. The highest BCUT2D eigenvalue weighted by molar-refractivity contribution is 7.99. The van der Waals surface area contributed by atoms with Crippen LogP contribution >= 0.6 is 23.4 Å². The number of amides is 1. The molecular formula is C18H21ClN6OS. The zero-order chi connectivity index (χ0) is 19.2. The van der Waals surface area contributed by atoms with Crippen LogP contribution in [0.2, 0.25) is 5.02 Å². The molecule has 0 radical (unpaired) electrons. The quantitative estimate of drug-likeness (QED) is 0.583. The van der Waals surface area contributed by atoms with Crippen LogP contribution in [0.1, 0.15) is 19.4 Å². The molecule has 0 aliphatic heterocycles. The molecule has 9 heteroatoms. The first kappa shape index (κ1) is 19.4. The summed E-state index contributed by atoms with van der Waals surface area (Å²) in [5.74, 6) is 0.988. The lowest BCUT2D eigenvalue weighted by atomic mass is 10.2. The fourth-order valence-electron chi connectivity index (χ4n) is 2.53. The topological polar surface area (TPSA) is 77.6 Å². The first-order valence-corrected chi connectivity index (χ1v) is 10.1. The van der Waals surface area contributed by atoms with Crippen LogP contribution in [0.5, 0.6) is 0 Å². The summed E-state index contributed by atoms with van der Waals surface area (Å²) in [5.41, 5.74) is 1.93. The highest BCUT2D eigenvalue weighted by Crippen LogP contribution is 2.23. The molecule has 0 saturated heterocycles. The van der Waals surface area contributed by atoms with Crippen LogP contribution in [0.15, 0.2) is 41.8 Å². The maximum atomic E-state index is 12.1. The Labute approximate surface area is 167 Å². The van der Waals surface area contributed by atoms with E-state index in [9.17, 15) is 4.79 Å². The van der Waals surface area contributed by atoms with E-state index in [0.717, 1.165) is 28.7 Å². The van der Waals surface area contributed by atoms with Crippen LogP contribution < -0.4 is 5.32 Å². The molecule has 0 fully saturated rings. The summed E-state index contributed by atoms with van der Waals surface area (Å²) in [6, 6.07) is 7.41. The Morgan fingerprint density at radius 3 is 2.63 bits per heavy atom. The average Bonchev–Trinajstić information content (AvgIpc) is 3.31. The molecular weight excluding hydrogens is 384 g/mol. The van der Waals surface area contributed by atoms with Crippen LogP contribution in [0.3, 0.4) is 0 Å². The number of benzene rings is 1. The van der Waals surface area contributed by atoms with Gasteiger partial charge in [0.15, 0.2) is 11.0 Å². The first-order chi connectivity index (χ1) is 13.1. The van der Waals surface area contributed by atoms with E-state index < -0.39 is 0 Å². The second kappa shape index (κ2) is 9.05. The Morgan fingerprint density at radius 2 is 1.96 bits per heavy atom. The maximum Gasteiger partial charge on any atom is 0.230 e. The van der Waals surface area contributed by atoms with Crippen LogP contribution in [0.4, 0.5) is 0 Å². The Kier molecular flexibility index (Phi) is 6.52. The number of rotatable bonds is 8. The first-order valence-electron chi connectivity index (χ1n) is 8.70. The predicted molar refractivity (Wildman–Crippen MR) is 107 cm³/mol. The van der Waals surface area contributed by atoms with Crippen molar-refractivity contribution in [3.8, 4) is 11.4 Å². The molecule has 7 nitrogen and oxygen atoms in total. The van der Waals surface area contributed by atoms with E-state index in [1.54, 1.807) is 6.20 Å². The van der Waals surface area contributed by atoms with Gasteiger partial charge in [0.25, 0.3) is 0 Å². The van der Waals surface area contributed by atoms with E-state index >= 15 is 0 Å². The largest absolute Gasteiger partial charge is 0.351 e. The molecule has 1 aromatic carbocycles. The van der Waals surface area contributed by atoms with E-state index in [1.807, 2.05) is 53.6 Å². The fourth-order valence-corrected chi connectivity index (χ4v) is 3.49. The Balaban J connectivity index is 1.58. The summed E-state index contributed by atoms with van der Waals surface area (Å²) in [7, 11) is 0. The number of thioether (sulfide) groups is 1. The molecule has 0 bridgehead atoms. The molecule has 0 unspecified atom stereocenters. The second-order valence-corrected chi connectivity index (χ2v) is 7.21. The van der Waals surface area contributed by atoms with E-state index in [1.165, 1.54) is 11.8 Å².